The Morgan fingerprint density at radius 1 is 1.67 bits per heavy atom. The fourth-order valence-electron chi connectivity index (χ4n) is 2.03. The highest BCUT2D eigenvalue weighted by Gasteiger charge is 2.28. The molecular weight excluding hydrogens is 382 g/mol. The molecule has 0 aliphatic carbocycles. The lowest BCUT2D eigenvalue weighted by molar-refractivity contribution is -0.126. The average molecular weight is 397 g/mol. The second-order valence-corrected chi connectivity index (χ2v) is 7.45. The minimum Gasteiger partial charge on any atom is -0.358 e. The molecule has 1 unspecified atom stereocenters. The number of hydrogen-bond donors (Lipinski definition) is 2. The normalized spacial score (nSPS) is 20.9. The lowest BCUT2D eigenvalue weighted by Gasteiger charge is -2.34. The van der Waals surface area contributed by atoms with Crippen molar-refractivity contribution in [2.24, 2.45) is 0 Å². The van der Waals surface area contributed by atoms with E-state index in [-0.39, 0.29) is 11.9 Å². The van der Waals surface area contributed by atoms with E-state index in [1.165, 1.54) is 4.88 Å². The summed E-state index contributed by atoms with van der Waals surface area (Å²) in [7, 11) is 1.69. The van der Waals surface area contributed by atoms with Crippen LogP contribution in [0.4, 0.5) is 0 Å². The van der Waals surface area contributed by atoms with Crippen LogP contribution in [-0.4, -0.2) is 43.5 Å². The summed E-state index contributed by atoms with van der Waals surface area (Å²) in [6.45, 7) is 3.36. The zero-order valence-corrected chi connectivity index (χ0v) is 14.0. The van der Waals surface area contributed by atoms with Crippen LogP contribution in [0, 0.1) is 0 Å². The SMILES string of the molecule is CNC(=O)C1CNCCN1Cc1cc(Br)c(Br)s1. The third kappa shape index (κ3) is 3.33. The van der Waals surface area contributed by atoms with Crippen LogP contribution in [0.5, 0.6) is 0 Å². The maximum atomic E-state index is 11.8. The van der Waals surface area contributed by atoms with Crippen molar-refractivity contribution in [3.8, 4) is 0 Å². The highest BCUT2D eigenvalue weighted by Crippen LogP contribution is 2.33. The topological polar surface area (TPSA) is 44.4 Å². The van der Waals surface area contributed by atoms with Crippen LogP contribution in [0.2, 0.25) is 0 Å². The number of amides is 1. The van der Waals surface area contributed by atoms with E-state index in [4.69, 9.17) is 0 Å². The van der Waals surface area contributed by atoms with Crippen LogP contribution < -0.4 is 10.6 Å². The number of nitrogens with zero attached hydrogens (tertiary/aromatic N) is 1. The smallest absolute Gasteiger partial charge is 0.238 e. The second-order valence-electron chi connectivity index (χ2n) is 4.14. The Hall–Kier alpha value is 0.0500. The highest BCUT2D eigenvalue weighted by atomic mass is 79.9. The summed E-state index contributed by atoms with van der Waals surface area (Å²) in [6.07, 6.45) is 0. The fraction of sp³-hybridized carbons (Fsp3) is 0.545. The maximum absolute atomic E-state index is 11.8. The highest BCUT2D eigenvalue weighted by molar-refractivity contribution is 9.13. The Labute approximate surface area is 127 Å². The molecule has 100 valence electrons. The first-order valence-corrected chi connectivity index (χ1v) is 8.12. The molecule has 4 nitrogen and oxygen atoms in total. The zero-order chi connectivity index (χ0) is 13.1. The molecule has 0 spiro atoms. The predicted molar refractivity (Wildman–Crippen MR) is 80.9 cm³/mol. The lowest BCUT2D eigenvalue weighted by Crippen LogP contribution is -2.56. The molecule has 1 amide bonds. The van der Waals surface area contributed by atoms with Gasteiger partial charge in [0.2, 0.25) is 5.91 Å². The van der Waals surface area contributed by atoms with Gasteiger partial charge in [0.15, 0.2) is 0 Å². The van der Waals surface area contributed by atoms with Crippen molar-refractivity contribution in [3.05, 3.63) is 19.2 Å². The molecule has 0 aromatic carbocycles. The number of thiophene rings is 1. The second kappa shape index (κ2) is 6.47. The van der Waals surface area contributed by atoms with Crippen molar-refractivity contribution < 1.29 is 4.79 Å². The molecule has 2 heterocycles. The molecule has 2 N–H and O–H groups in total. The summed E-state index contributed by atoms with van der Waals surface area (Å²) in [5.41, 5.74) is 0. The van der Waals surface area contributed by atoms with E-state index >= 15 is 0 Å². The van der Waals surface area contributed by atoms with E-state index in [1.54, 1.807) is 18.4 Å². The largest absolute Gasteiger partial charge is 0.358 e. The number of rotatable bonds is 3. The van der Waals surface area contributed by atoms with Gasteiger partial charge in [-0.2, -0.15) is 0 Å². The number of carbonyl (C=O) groups excluding carboxylic acids is 1. The van der Waals surface area contributed by atoms with Crippen LogP contribution in [-0.2, 0) is 11.3 Å². The van der Waals surface area contributed by atoms with Gasteiger partial charge in [-0.3, -0.25) is 9.69 Å². The Kier molecular flexibility index (Phi) is 5.20. The minimum absolute atomic E-state index is 0.0802. The van der Waals surface area contributed by atoms with Gasteiger partial charge < -0.3 is 10.6 Å². The van der Waals surface area contributed by atoms with Crippen molar-refractivity contribution in [1.82, 2.24) is 15.5 Å². The molecule has 2 rings (SSSR count). The molecular formula is C11H15Br2N3OS. The van der Waals surface area contributed by atoms with Gasteiger partial charge in [-0.15, -0.1) is 11.3 Å². The van der Waals surface area contributed by atoms with Crippen molar-refractivity contribution in [2.75, 3.05) is 26.7 Å². The standard InChI is InChI=1S/C11H15Br2N3OS/c1-14-11(17)9-5-15-2-3-16(9)6-7-4-8(12)10(13)18-7/h4,9,15H,2-3,5-6H2,1H3,(H,14,17). The Morgan fingerprint density at radius 2 is 2.44 bits per heavy atom. The summed E-state index contributed by atoms with van der Waals surface area (Å²) in [5, 5.41) is 6.00. The first-order chi connectivity index (χ1) is 8.61. The molecule has 1 saturated heterocycles. The molecule has 7 heteroatoms. The molecule has 1 aliphatic heterocycles. The van der Waals surface area contributed by atoms with Crippen LogP contribution >= 0.6 is 43.2 Å². The van der Waals surface area contributed by atoms with Gasteiger partial charge in [0.25, 0.3) is 0 Å². The maximum Gasteiger partial charge on any atom is 0.238 e. The van der Waals surface area contributed by atoms with E-state index in [2.05, 4.69) is 53.5 Å². The molecule has 0 radical (unpaired) electrons. The van der Waals surface area contributed by atoms with E-state index in [0.717, 1.165) is 27.9 Å². The predicted octanol–water partition coefficient (Wildman–Crippen LogP) is 1.79. The van der Waals surface area contributed by atoms with Gasteiger partial charge in [0, 0.05) is 42.6 Å². The number of likely N-dealkylation sites (N-methyl/N-ethyl adjacent to an activating group) is 1. The van der Waals surface area contributed by atoms with Gasteiger partial charge in [0.1, 0.15) is 6.04 Å². The molecule has 1 fully saturated rings. The first-order valence-electron chi connectivity index (χ1n) is 5.72. The monoisotopic (exact) mass is 395 g/mol. The third-order valence-corrected chi connectivity index (χ3v) is 6.20. The quantitative estimate of drug-likeness (QED) is 0.818. The van der Waals surface area contributed by atoms with Crippen molar-refractivity contribution >= 4 is 49.1 Å². The average Bonchev–Trinajstić information content (AvgIpc) is 2.68. The number of hydrogen-bond acceptors (Lipinski definition) is 4. The van der Waals surface area contributed by atoms with Crippen LogP contribution in [0.25, 0.3) is 0 Å². The molecule has 1 aromatic heterocycles. The lowest BCUT2D eigenvalue weighted by atomic mass is 10.1. The molecule has 0 saturated carbocycles. The number of nitrogens with one attached hydrogen (secondary N) is 2. The van der Waals surface area contributed by atoms with Gasteiger partial charge in [-0.05, 0) is 37.9 Å². The molecule has 0 bridgehead atoms. The summed E-state index contributed by atoms with van der Waals surface area (Å²) in [5.74, 6) is 0.0805. The van der Waals surface area contributed by atoms with Crippen molar-refractivity contribution in [2.45, 2.75) is 12.6 Å². The molecule has 18 heavy (non-hydrogen) atoms. The molecule has 1 atom stereocenters. The number of carbonyl (C=O) groups is 1. The van der Waals surface area contributed by atoms with Crippen molar-refractivity contribution in [1.29, 1.82) is 0 Å². The number of piperazine rings is 1. The van der Waals surface area contributed by atoms with Crippen LogP contribution in [0.1, 0.15) is 4.88 Å². The van der Waals surface area contributed by atoms with Gasteiger partial charge in [-0.1, -0.05) is 0 Å². The fourth-order valence-corrected chi connectivity index (χ4v) is 4.23. The first kappa shape index (κ1) is 14.5. The van der Waals surface area contributed by atoms with Gasteiger partial charge >= 0.3 is 0 Å². The van der Waals surface area contributed by atoms with Gasteiger partial charge in [-0.25, -0.2) is 0 Å². The van der Waals surface area contributed by atoms with Crippen LogP contribution in [0.15, 0.2) is 14.3 Å². The van der Waals surface area contributed by atoms with Crippen LogP contribution in [0.3, 0.4) is 0 Å². The Morgan fingerprint density at radius 3 is 3.06 bits per heavy atom. The van der Waals surface area contributed by atoms with E-state index in [9.17, 15) is 4.79 Å². The Bertz CT molecular complexity index is 418. The molecule has 1 aromatic rings. The third-order valence-electron chi connectivity index (χ3n) is 2.96. The molecule has 1 aliphatic rings. The van der Waals surface area contributed by atoms with E-state index < -0.39 is 0 Å². The van der Waals surface area contributed by atoms with Gasteiger partial charge in [0.05, 0.1) is 3.79 Å². The van der Waals surface area contributed by atoms with E-state index in [0.29, 0.717) is 6.54 Å². The minimum atomic E-state index is -0.0802. The summed E-state index contributed by atoms with van der Waals surface area (Å²) in [6, 6.07) is 2.03. The van der Waals surface area contributed by atoms with E-state index in [1.807, 2.05) is 0 Å². The summed E-state index contributed by atoms with van der Waals surface area (Å²) in [4.78, 5) is 15.3. The van der Waals surface area contributed by atoms with Crippen molar-refractivity contribution in [3.63, 3.8) is 0 Å². The summed E-state index contributed by atoms with van der Waals surface area (Å²) < 4.78 is 2.18. The summed E-state index contributed by atoms with van der Waals surface area (Å²) >= 11 is 8.70. The zero-order valence-electron chi connectivity index (χ0n) is 10.0. The number of halogens is 2. The Balaban J connectivity index is 2.07.